The van der Waals surface area contributed by atoms with Crippen LogP contribution in [-0.2, 0) is 0 Å². The zero-order valence-electron chi connectivity index (χ0n) is 11.1. The van der Waals surface area contributed by atoms with Gasteiger partial charge in [-0.1, -0.05) is 66.7 Å². The molecule has 1 aliphatic carbocycles. The molecule has 0 spiro atoms. The highest BCUT2D eigenvalue weighted by atomic mass is 16.3. The molecule has 2 heteroatoms. The van der Waals surface area contributed by atoms with E-state index in [4.69, 9.17) is 5.73 Å². The average molecular weight is 263 g/mol. The summed E-state index contributed by atoms with van der Waals surface area (Å²) in [7, 11) is 0. The van der Waals surface area contributed by atoms with Gasteiger partial charge >= 0.3 is 0 Å². The summed E-state index contributed by atoms with van der Waals surface area (Å²) in [6.07, 6.45) is 3.25. The predicted molar refractivity (Wildman–Crippen MR) is 81.9 cm³/mol. The summed E-state index contributed by atoms with van der Waals surface area (Å²) < 4.78 is 0. The van der Waals surface area contributed by atoms with Gasteiger partial charge in [-0.3, -0.25) is 0 Å². The van der Waals surface area contributed by atoms with Crippen molar-refractivity contribution in [3.05, 3.63) is 89.6 Å². The minimum atomic E-state index is -0.621. The number of aliphatic hydroxyl groups is 1. The molecule has 3 rings (SSSR count). The van der Waals surface area contributed by atoms with Gasteiger partial charge in [-0.15, -0.1) is 0 Å². The van der Waals surface area contributed by atoms with Crippen LogP contribution in [0.4, 0.5) is 0 Å². The third-order valence-electron chi connectivity index (χ3n) is 3.70. The summed E-state index contributed by atoms with van der Waals surface area (Å²) >= 11 is 0. The maximum absolute atomic E-state index is 10.7. The Morgan fingerprint density at radius 1 is 0.850 bits per heavy atom. The van der Waals surface area contributed by atoms with Crippen molar-refractivity contribution >= 4 is 5.57 Å². The largest absolute Gasteiger partial charge is 0.398 e. The van der Waals surface area contributed by atoms with Gasteiger partial charge < -0.3 is 10.8 Å². The molecular weight excluding hydrogens is 246 g/mol. The minimum Gasteiger partial charge on any atom is -0.398 e. The summed E-state index contributed by atoms with van der Waals surface area (Å²) in [6.45, 7) is 0. The molecule has 0 saturated heterocycles. The van der Waals surface area contributed by atoms with E-state index in [2.05, 4.69) is 0 Å². The van der Waals surface area contributed by atoms with Gasteiger partial charge in [0, 0.05) is 17.2 Å². The topological polar surface area (TPSA) is 46.2 Å². The first-order chi connectivity index (χ1) is 9.77. The second-order valence-electron chi connectivity index (χ2n) is 4.98. The van der Waals surface area contributed by atoms with E-state index < -0.39 is 6.10 Å². The fourth-order valence-corrected chi connectivity index (χ4v) is 2.68. The Kier molecular flexibility index (Phi) is 3.40. The first kappa shape index (κ1) is 12.7. The van der Waals surface area contributed by atoms with Crippen LogP contribution < -0.4 is 5.73 Å². The number of aliphatic hydroxyl groups excluding tert-OH is 1. The Hall–Kier alpha value is -2.32. The molecular formula is C18H17NO. The number of hydrogen-bond acceptors (Lipinski definition) is 2. The molecule has 2 nitrogen and oxygen atoms in total. The first-order valence-corrected chi connectivity index (χ1v) is 6.73. The molecule has 2 aromatic carbocycles. The Morgan fingerprint density at radius 2 is 1.45 bits per heavy atom. The van der Waals surface area contributed by atoms with Crippen molar-refractivity contribution in [1.29, 1.82) is 0 Å². The van der Waals surface area contributed by atoms with Crippen LogP contribution in [0.5, 0.6) is 0 Å². The predicted octanol–water partition coefficient (Wildman–Crippen LogP) is 3.07. The van der Waals surface area contributed by atoms with E-state index in [1.54, 1.807) is 0 Å². The maximum Gasteiger partial charge on any atom is 0.0918 e. The van der Waals surface area contributed by atoms with Crippen LogP contribution in [0, 0.1) is 0 Å². The van der Waals surface area contributed by atoms with E-state index >= 15 is 0 Å². The second-order valence-corrected chi connectivity index (χ2v) is 4.98. The van der Waals surface area contributed by atoms with Gasteiger partial charge in [0.25, 0.3) is 0 Å². The lowest BCUT2D eigenvalue weighted by Crippen LogP contribution is -2.24. The van der Waals surface area contributed by atoms with Gasteiger partial charge in [0.15, 0.2) is 0 Å². The van der Waals surface area contributed by atoms with Gasteiger partial charge in [-0.2, -0.15) is 0 Å². The highest BCUT2D eigenvalue weighted by molar-refractivity contribution is 5.75. The molecule has 0 fully saturated rings. The number of benzene rings is 2. The van der Waals surface area contributed by atoms with Gasteiger partial charge in [-0.05, 0) is 17.2 Å². The van der Waals surface area contributed by atoms with Crippen LogP contribution in [0.25, 0.3) is 5.57 Å². The molecule has 2 atom stereocenters. The Morgan fingerprint density at radius 3 is 2.10 bits per heavy atom. The molecule has 0 heterocycles. The zero-order valence-corrected chi connectivity index (χ0v) is 11.1. The average Bonchev–Trinajstić information content (AvgIpc) is 2.49. The molecule has 100 valence electrons. The normalized spacial score (nSPS) is 22.1. The molecule has 20 heavy (non-hydrogen) atoms. The van der Waals surface area contributed by atoms with Crippen molar-refractivity contribution in [2.24, 2.45) is 5.73 Å². The lowest BCUT2D eigenvalue weighted by Gasteiger charge is -2.27. The number of hydrogen-bond donors (Lipinski definition) is 2. The standard InChI is InChI=1S/C18H17NO/c19-16-12-11-15(13-7-3-1-4-8-13)18(20)17(16)14-9-5-2-6-10-14/h1-12,15,18,20H,19H2. The number of rotatable bonds is 2. The van der Waals surface area contributed by atoms with Crippen LogP contribution in [0.15, 0.2) is 78.5 Å². The summed E-state index contributed by atoms with van der Waals surface area (Å²) in [5.41, 5.74) is 9.59. The Labute approximate surface area is 118 Å². The molecule has 0 amide bonds. The lowest BCUT2D eigenvalue weighted by molar-refractivity contribution is 0.214. The molecule has 0 bridgehead atoms. The maximum atomic E-state index is 10.7. The monoisotopic (exact) mass is 263 g/mol. The summed E-state index contributed by atoms with van der Waals surface area (Å²) in [4.78, 5) is 0. The Bertz CT molecular complexity index is 644. The van der Waals surface area contributed by atoms with Crippen LogP contribution in [-0.4, -0.2) is 11.2 Å². The van der Waals surface area contributed by atoms with Gasteiger partial charge in [0.1, 0.15) is 0 Å². The van der Waals surface area contributed by atoms with Crippen LogP contribution in [0.1, 0.15) is 17.0 Å². The van der Waals surface area contributed by atoms with Crippen molar-refractivity contribution in [1.82, 2.24) is 0 Å². The van der Waals surface area contributed by atoms with E-state index in [0.29, 0.717) is 5.70 Å². The van der Waals surface area contributed by atoms with E-state index in [-0.39, 0.29) is 5.92 Å². The van der Waals surface area contributed by atoms with Crippen molar-refractivity contribution in [3.63, 3.8) is 0 Å². The van der Waals surface area contributed by atoms with E-state index in [9.17, 15) is 5.11 Å². The third kappa shape index (κ3) is 2.26. The van der Waals surface area contributed by atoms with Crippen molar-refractivity contribution in [2.45, 2.75) is 12.0 Å². The smallest absolute Gasteiger partial charge is 0.0918 e. The minimum absolute atomic E-state index is 0.0568. The van der Waals surface area contributed by atoms with E-state index in [1.807, 2.05) is 72.8 Å². The second kappa shape index (κ2) is 5.35. The van der Waals surface area contributed by atoms with E-state index in [0.717, 1.165) is 16.7 Å². The molecule has 1 aliphatic rings. The fraction of sp³-hybridized carbons (Fsp3) is 0.111. The zero-order chi connectivity index (χ0) is 13.9. The van der Waals surface area contributed by atoms with Gasteiger partial charge in [-0.25, -0.2) is 0 Å². The van der Waals surface area contributed by atoms with Crippen LogP contribution >= 0.6 is 0 Å². The third-order valence-corrected chi connectivity index (χ3v) is 3.70. The molecule has 3 N–H and O–H groups in total. The SMILES string of the molecule is NC1=C(c2ccccc2)C(O)C(c2ccccc2)C=C1. The quantitative estimate of drug-likeness (QED) is 0.874. The molecule has 0 radical (unpaired) electrons. The molecule has 0 saturated carbocycles. The summed E-state index contributed by atoms with van der Waals surface area (Å²) in [5.74, 6) is -0.0568. The first-order valence-electron chi connectivity index (χ1n) is 6.73. The number of allylic oxidation sites excluding steroid dienone is 1. The van der Waals surface area contributed by atoms with Gasteiger partial charge in [0.2, 0.25) is 0 Å². The summed E-state index contributed by atoms with van der Waals surface area (Å²) in [5, 5.41) is 10.7. The van der Waals surface area contributed by atoms with Crippen molar-refractivity contribution in [2.75, 3.05) is 0 Å². The molecule has 2 unspecified atom stereocenters. The van der Waals surface area contributed by atoms with Crippen LogP contribution in [0.3, 0.4) is 0 Å². The molecule has 2 aromatic rings. The highest BCUT2D eigenvalue weighted by Gasteiger charge is 2.27. The van der Waals surface area contributed by atoms with Crippen LogP contribution in [0.2, 0.25) is 0 Å². The Balaban J connectivity index is 2.01. The molecule has 0 aliphatic heterocycles. The molecule has 0 aromatic heterocycles. The number of nitrogens with two attached hydrogens (primary N) is 1. The van der Waals surface area contributed by atoms with Crippen molar-refractivity contribution < 1.29 is 5.11 Å². The van der Waals surface area contributed by atoms with E-state index in [1.165, 1.54) is 0 Å². The highest BCUT2D eigenvalue weighted by Crippen LogP contribution is 2.35. The van der Waals surface area contributed by atoms with Gasteiger partial charge in [0.05, 0.1) is 6.10 Å². The van der Waals surface area contributed by atoms with Crippen molar-refractivity contribution in [3.8, 4) is 0 Å². The fourth-order valence-electron chi connectivity index (χ4n) is 2.68. The summed E-state index contributed by atoms with van der Waals surface area (Å²) in [6, 6.07) is 19.8. The lowest BCUT2D eigenvalue weighted by atomic mass is 9.82.